The van der Waals surface area contributed by atoms with E-state index in [0.717, 1.165) is 11.1 Å². The smallest absolute Gasteiger partial charge is 0.326 e. The van der Waals surface area contributed by atoms with Gasteiger partial charge in [-0.3, -0.25) is 9.59 Å². The molecule has 0 heterocycles. The molecular formula is C33H29ClN2O6. The fraction of sp³-hybridized carbons (Fsp3) is 0.121. The number of amides is 2. The van der Waals surface area contributed by atoms with Crippen molar-refractivity contribution in [2.75, 3.05) is 14.2 Å². The minimum absolute atomic E-state index is 0.0107. The Morgan fingerprint density at radius 1 is 0.833 bits per heavy atom. The second kappa shape index (κ2) is 14.0. The van der Waals surface area contributed by atoms with Gasteiger partial charge >= 0.3 is 5.97 Å². The molecule has 4 rings (SSSR count). The number of carbonyl (C=O) groups is 3. The molecule has 0 aliphatic heterocycles. The number of ether oxygens (including phenoxy) is 2. The van der Waals surface area contributed by atoms with Gasteiger partial charge in [0.25, 0.3) is 11.8 Å². The van der Waals surface area contributed by atoms with Gasteiger partial charge in [-0.1, -0.05) is 72.3 Å². The van der Waals surface area contributed by atoms with Gasteiger partial charge in [0.05, 0.1) is 14.2 Å². The van der Waals surface area contributed by atoms with E-state index in [1.807, 2.05) is 42.5 Å². The molecule has 3 N–H and O–H groups in total. The van der Waals surface area contributed by atoms with E-state index in [9.17, 15) is 19.5 Å². The number of hydrogen-bond acceptors (Lipinski definition) is 5. The number of rotatable bonds is 11. The maximum Gasteiger partial charge on any atom is 0.326 e. The van der Waals surface area contributed by atoms with E-state index in [1.165, 1.54) is 20.3 Å². The molecule has 0 fully saturated rings. The molecule has 0 saturated carbocycles. The fourth-order valence-electron chi connectivity index (χ4n) is 4.20. The molecule has 1 atom stereocenters. The number of methoxy groups -OCH3 is 2. The molecule has 0 aliphatic rings. The Morgan fingerprint density at radius 3 is 2.10 bits per heavy atom. The lowest BCUT2D eigenvalue weighted by Crippen LogP contribution is -2.45. The molecular weight excluding hydrogens is 556 g/mol. The van der Waals surface area contributed by atoms with Crippen molar-refractivity contribution in [2.24, 2.45) is 0 Å². The first-order chi connectivity index (χ1) is 20.3. The highest BCUT2D eigenvalue weighted by molar-refractivity contribution is 6.30. The van der Waals surface area contributed by atoms with Crippen LogP contribution in [-0.4, -0.2) is 43.2 Å². The highest BCUT2D eigenvalue weighted by Crippen LogP contribution is 2.28. The normalized spacial score (nSPS) is 11.7. The Hall–Kier alpha value is -5.08. The van der Waals surface area contributed by atoms with Crippen molar-refractivity contribution in [3.8, 4) is 22.6 Å². The Bertz CT molecular complexity index is 1590. The second-order valence-corrected chi connectivity index (χ2v) is 9.70. The van der Waals surface area contributed by atoms with E-state index >= 15 is 0 Å². The fourth-order valence-corrected chi connectivity index (χ4v) is 4.33. The first-order valence-corrected chi connectivity index (χ1v) is 13.3. The van der Waals surface area contributed by atoms with E-state index in [1.54, 1.807) is 54.6 Å². The highest BCUT2D eigenvalue weighted by Gasteiger charge is 2.24. The van der Waals surface area contributed by atoms with Crippen LogP contribution in [0.15, 0.2) is 103 Å². The first-order valence-electron chi connectivity index (χ1n) is 13.0. The lowest BCUT2D eigenvalue weighted by Gasteiger charge is -2.17. The van der Waals surface area contributed by atoms with Gasteiger partial charge in [-0.25, -0.2) is 4.79 Å². The van der Waals surface area contributed by atoms with Crippen LogP contribution in [0.25, 0.3) is 17.2 Å². The second-order valence-electron chi connectivity index (χ2n) is 9.26. The molecule has 0 spiro atoms. The van der Waals surface area contributed by atoms with Crippen LogP contribution >= 0.6 is 11.6 Å². The predicted octanol–water partition coefficient (Wildman–Crippen LogP) is 5.61. The van der Waals surface area contributed by atoms with E-state index in [2.05, 4.69) is 10.6 Å². The summed E-state index contributed by atoms with van der Waals surface area (Å²) in [5.74, 6) is -1.65. The van der Waals surface area contributed by atoms with Gasteiger partial charge < -0.3 is 25.2 Å². The van der Waals surface area contributed by atoms with Crippen LogP contribution in [0.5, 0.6) is 11.5 Å². The summed E-state index contributed by atoms with van der Waals surface area (Å²) in [6.07, 6.45) is 1.45. The van der Waals surface area contributed by atoms with Crippen LogP contribution in [-0.2, 0) is 16.0 Å². The van der Waals surface area contributed by atoms with E-state index in [0.29, 0.717) is 33.2 Å². The number of benzene rings is 4. The summed E-state index contributed by atoms with van der Waals surface area (Å²) in [6.45, 7) is 0. The number of carboxylic acid groups (broad SMARTS) is 1. The van der Waals surface area contributed by atoms with E-state index < -0.39 is 23.8 Å². The summed E-state index contributed by atoms with van der Waals surface area (Å²) in [7, 11) is 2.98. The number of carboxylic acids is 1. The number of aliphatic carboxylic acids is 1. The zero-order valence-electron chi connectivity index (χ0n) is 23.0. The predicted molar refractivity (Wildman–Crippen MR) is 162 cm³/mol. The molecule has 2 amide bonds. The lowest BCUT2D eigenvalue weighted by atomic mass is 10.0. The lowest BCUT2D eigenvalue weighted by molar-refractivity contribution is -0.141. The zero-order valence-corrected chi connectivity index (χ0v) is 23.7. The monoisotopic (exact) mass is 584 g/mol. The Labute approximate surface area is 248 Å². The molecule has 214 valence electrons. The van der Waals surface area contributed by atoms with Crippen molar-refractivity contribution >= 4 is 35.5 Å². The summed E-state index contributed by atoms with van der Waals surface area (Å²) in [6, 6.07) is 27.0. The highest BCUT2D eigenvalue weighted by atomic mass is 35.5. The SMILES string of the molecule is COc1ccc(/C=C(\NC(=O)c2ccc(-c3ccccc3)cc2)C(=O)NC(Cc2ccc(Cl)cc2)C(=O)O)cc1OC. The average molecular weight is 585 g/mol. The maximum atomic E-state index is 13.5. The van der Waals surface area contributed by atoms with Crippen molar-refractivity contribution in [3.63, 3.8) is 0 Å². The molecule has 4 aromatic carbocycles. The Balaban J connectivity index is 1.61. The third kappa shape index (κ3) is 7.77. The molecule has 8 nitrogen and oxygen atoms in total. The van der Waals surface area contributed by atoms with Gasteiger partial charge in [-0.05, 0) is 64.7 Å². The topological polar surface area (TPSA) is 114 Å². The molecule has 4 aromatic rings. The summed E-state index contributed by atoms with van der Waals surface area (Å²) in [5.41, 5.74) is 3.27. The average Bonchev–Trinajstić information content (AvgIpc) is 3.01. The van der Waals surface area contributed by atoms with Gasteiger partial charge in [-0.2, -0.15) is 0 Å². The van der Waals surface area contributed by atoms with Gasteiger partial charge in [0.15, 0.2) is 11.5 Å². The van der Waals surface area contributed by atoms with Crippen LogP contribution in [0.2, 0.25) is 5.02 Å². The van der Waals surface area contributed by atoms with Crippen LogP contribution in [0, 0.1) is 0 Å². The van der Waals surface area contributed by atoms with Gasteiger partial charge in [0.2, 0.25) is 0 Å². The van der Waals surface area contributed by atoms with Crippen molar-refractivity contribution in [3.05, 3.63) is 124 Å². The van der Waals surface area contributed by atoms with Crippen LogP contribution in [0.1, 0.15) is 21.5 Å². The van der Waals surface area contributed by atoms with Gasteiger partial charge in [0.1, 0.15) is 11.7 Å². The molecule has 9 heteroatoms. The molecule has 42 heavy (non-hydrogen) atoms. The molecule has 0 radical (unpaired) electrons. The minimum atomic E-state index is -1.27. The van der Waals surface area contributed by atoms with Crippen LogP contribution in [0.4, 0.5) is 0 Å². The van der Waals surface area contributed by atoms with Gasteiger partial charge in [0, 0.05) is 17.0 Å². The van der Waals surface area contributed by atoms with Crippen molar-refractivity contribution in [2.45, 2.75) is 12.5 Å². The molecule has 0 saturated heterocycles. The number of halogens is 1. The van der Waals surface area contributed by atoms with E-state index in [4.69, 9.17) is 21.1 Å². The number of hydrogen-bond donors (Lipinski definition) is 3. The van der Waals surface area contributed by atoms with Crippen LogP contribution in [0.3, 0.4) is 0 Å². The van der Waals surface area contributed by atoms with E-state index in [-0.39, 0.29) is 12.1 Å². The zero-order chi connectivity index (χ0) is 30.1. The molecule has 0 bridgehead atoms. The quantitative estimate of drug-likeness (QED) is 0.198. The Kier molecular flexibility index (Phi) is 9.97. The molecule has 0 aromatic heterocycles. The third-order valence-electron chi connectivity index (χ3n) is 6.42. The molecule has 1 unspecified atom stereocenters. The number of nitrogens with one attached hydrogen (secondary N) is 2. The van der Waals surface area contributed by atoms with Crippen LogP contribution < -0.4 is 20.1 Å². The summed E-state index contributed by atoms with van der Waals surface area (Å²) in [4.78, 5) is 38.8. The van der Waals surface area contributed by atoms with Crippen molar-refractivity contribution < 1.29 is 29.0 Å². The summed E-state index contributed by atoms with van der Waals surface area (Å²) < 4.78 is 10.6. The Morgan fingerprint density at radius 2 is 1.48 bits per heavy atom. The summed E-state index contributed by atoms with van der Waals surface area (Å²) >= 11 is 5.94. The van der Waals surface area contributed by atoms with Crippen molar-refractivity contribution in [1.29, 1.82) is 0 Å². The third-order valence-corrected chi connectivity index (χ3v) is 6.67. The minimum Gasteiger partial charge on any atom is -0.493 e. The standard InChI is InChI=1S/C33H29ClN2O6/c1-41-29-17-10-22(20-30(29)42-2)19-27(32(38)36-28(33(39)40)18-21-8-15-26(34)16-9-21)35-31(37)25-13-11-24(12-14-25)23-6-4-3-5-7-23/h3-17,19-20,28H,18H2,1-2H3,(H,35,37)(H,36,38)(H,39,40)/b27-19-. The van der Waals surface area contributed by atoms with Crippen molar-refractivity contribution in [1.82, 2.24) is 10.6 Å². The summed E-state index contributed by atoms with van der Waals surface area (Å²) in [5, 5.41) is 15.5. The number of carbonyl (C=O) groups excluding carboxylic acids is 2. The first kappa shape index (κ1) is 29.9. The largest absolute Gasteiger partial charge is 0.493 e. The van der Waals surface area contributed by atoms with Gasteiger partial charge in [-0.15, -0.1) is 0 Å². The molecule has 0 aliphatic carbocycles. The maximum absolute atomic E-state index is 13.5.